The van der Waals surface area contributed by atoms with Crippen LogP contribution in [0, 0.1) is 15.9 Å². The van der Waals surface area contributed by atoms with E-state index in [4.69, 9.17) is 11.2 Å². The van der Waals surface area contributed by atoms with Crippen LogP contribution in [0.2, 0.25) is 0 Å². The highest BCUT2D eigenvalue weighted by molar-refractivity contribution is 14.1. The summed E-state index contributed by atoms with van der Waals surface area (Å²) in [6.45, 7) is 5.55. The first-order valence-corrected chi connectivity index (χ1v) is 6.47. The molecule has 0 spiro atoms. The maximum atomic E-state index is 12.0. The van der Waals surface area contributed by atoms with Crippen molar-refractivity contribution in [2.75, 3.05) is 11.4 Å². The molecular weight excluding hydrogens is 343 g/mol. The first-order chi connectivity index (χ1) is 8.33. The molecule has 0 saturated heterocycles. The van der Waals surface area contributed by atoms with Crippen molar-refractivity contribution in [1.29, 1.82) is 0 Å². The van der Waals surface area contributed by atoms with Crippen molar-refractivity contribution in [3.63, 3.8) is 0 Å². The Kier molecular flexibility index (Phi) is 4.96. The summed E-state index contributed by atoms with van der Waals surface area (Å²) in [6, 6.07) is 3.60. The van der Waals surface area contributed by atoms with E-state index in [0.717, 1.165) is 3.57 Å². The van der Waals surface area contributed by atoms with Crippen LogP contribution < -0.4 is 4.90 Å². The molecule has 5 heteroatoms. The molecule has 0 unspecified atom stereocenters. The van der Waals surface area contributed by atoms with Gasteiger partial charge in [-0.05, 0) is 55.5 Å². The number of hydrogen-bond donors (Lipinski definition) is 0. The Morgan fingerprint density at radius 3 is 2.67 bits per heavy atom. The van der Waals surface area contributed by atoms with E-state index in [1.54, 1.807) is 33.0 Å². The second-order valence-corrected chi connectivity index (χ2v) is 5.85. The molecule has 0 atom stereocenters. The normalized spacial score (nSPS) is 10.6. The number of amides is 1. The van der Waals surface area contributed by atoms with Crippen LogP contribution in [0.1, 0.15) is 20.8 Å². The van der Waals surface area contributed by atoms with Gasteiger partial charge in [-0.1, -0.05) is 5.92 Å². The lowest BCUT2D eigenvalue weighted by atomic mass is 10.2. The molecule has 0 aliphatic heterocycles. The average Bonchev–Trinajstić information content (AvgIpc) is 2.25. The van der Waals surface area contributed by atoms with Crippen LogP contribution in [0.5, 0.6) is 0 Å². The number of terminal acetylenes is 1. The van der Waals surface area contributed by atoms with Gasteiger partial charge in [0.15, 0.2) is 0 Å². The third-order valence-electron chi connectivity index (χ3n) is 1.85. The number of ether oxygens (including phenoxy) is 1. The lowest BCUT2D eigenvalue weighted by Crippen LogP contribution is -2.37. The van der Waals surface area contributed by atoms with Gasteiger partial charge in [0.2, 0.25) is 0 Å². The van der Waals surface area contributed by atoms with Crippen LogP contribution in [0.4, 0.5) is 10.6 Å². The highest BCUT2D eigenvalue weighted by Gasteiger charge is 2.23. The quantitative estimate of drug-likeness (QED) is 0.603. The Morgan fingerprint density at radius 1 is 1.56 bits per heavy atom. The summed E-state index contributed by atoms with van der Waals surface area (Å²) in [4.78, 5) is 17.5. The second-order valence-electron chi connectivity index (χ2n) is 4.61. The summed E-state index contributed by atoms with van der Waals surface area (Å²) in [5.74, 6) is 2.92. The number of anilines is 1. The van der Waals surface area contributed by atoms with E-state index in [2.05, 4.69) is 33.5 Å². The maximum Gasteiger partial charge on any atom is 0.416 e. The van der Waals surface area contributed by atoms with E-state index >= 15 is 0 Å². The minimum atomic E-state index is -0.562. The van der Waals surface area contributed by atoms with Crippen molar-refractivity contribution in [3.05, 3.63) is 21.9 Å². The van der Waals surface area contributed by atoms with Crippen LogP contribution in [0.15, 0.2) is 18.3 Å². The molecule has 0 saturated carbocycles. The minimum Gasteiger partial charge on any atom is -0.443 e. The predicted octanol–water partition coefficient (Wildman–Crippen LogP) is 3.06. The first kappa shape index (κ1) is 14.8. The number of rotatable bonds is 2. The molecule has 4 nitrogen and oxygen atoms in total. The highest BCUT2D eigenvalue weighted by Crippen LogP contribution is 2.16. The fourth-order valence-electron chi connectivity index (χ4n) is 1.18. The topological polar surface area (TPSA) is 42.4 Å². The van der Waals surface area contributed by atoms with Gasteiger partial charge in [0, 0.05) is 9.77 Å². The van der Waals surface area contributed by atoms with E-state index in [0.29, 0.717) is 5.82 Å². The zero-order chi connectivity index (χ0) is 13.8. The molecule has 0 radical (unpaired) electrons. The molecule has 18 heavy (non-hydrogen) atoms. The summed E-state index contributed by atoms with van der Waals surface area (Å²) in [6.07, 6.45) is 6.45. The number of pyridine rings is 1. The van der Waals surface area contributed by atoms with Crippen LogP contribution in [0.25, 0.3) is 0 Å². The highest BCUT2D eigenvalue weighted by atomic mass is 127. The van der Waals surface area contributed by atoms with Gasteiger partial charge in [0.1, 0.15) is 11.4 Å². The Morgan fingerprint density at radius 2 is 2.22 bits per heavy atom. The average molecular weight is 358 g/mol. The molecule has 0 fully saturated rings. The van der Waals surface area contributed by atoms with E-state index in [1.165, 1.54) is 4.90 Å². The molecule has 1 amide bonds. The predicted molar refractivity (Wildman–Crippen MR) is 79.4 cm³/mol. The number of carbonyl (C=O) groups excluding carboxylic acids is 1. The number of hydrogen-bond acceptors (Lipinski definition) is 3. The van der Waals surface area contributed by atoms with Gasteiger partial charge < -0.3 is 4.74 Å². The van der Waals surface area contributed by atoms with Crippen molar-refractivity contribution in [2.24, 2.45) is 0 Å². The third kappa shape index (κ3) is 4.53. The Labute approximate surface area is 121 Å². The maximum absolute atomic E-state index is 12.0. The largest absolute Gasteiger partial charge is 0.443 e. The number of aromatic nitrogens is 1. The van der Waals surface area contributed by atoms with Crippen LogP contribution >= 0.6 is 22.6 Å². The van der Waals surface area contributed by atoms with Gasteiger partial charge in [0.25, 0.3) is 0 Å². The molecule has 96 valence electrons. The monoisotopic (exact) mass is 358 g/mol. The van der Waals surface area contributed by atoms with Gasteiger partial charge >= 0.3 is 6.09 Å². The molecule has 1 aromatic rings. The van der Waals surface area contributed by atoms with Crippen molar-refractivity contribution in [1.82, 2.24) is 4.98 Å². The Balaban J connectivity index is 2.93. The molecule has 1 rings (SSSR count). The molecule has 1 aromatic heterocycles. The first-order valence-electron chi connectivity index (χ1n) is 5.39. The van der Waals surface area contributed by atoms with Gasteiger partial charge in [-0.2, -0.15) is 0 Å². The molecule has 0 bridgehead atoms. The van der Waals surface area contributed by atoms with Crippen molar-refractivity contribution >= 4 is 34.5 Å². The Hall–Kier alpha value is -1.29. The third-order valence-corrected chi connectivity index (χ3v) is 2.49. The summed E-state index contributed by atoms with van der Waals surface area (Å²) < 4.78 is 6.27. The van der Waals surface area contributed by atoms with Crippen LogP contribution in [-0.2, 0) is 4.74 Å². The van der Waals surface area contributed by atoms with Gasteiger partial charge in [-0.25, -0.2) is 14.7 Å². The lowest BCUT2D eigenvalue weighted by molar-refractivity contribution is 0.0584. The van der Waals surface area contributed by atoms with Gasteiger partial charge in [-0.3, -0.25) is 0 Å². The second kappa shape index (κ2) is 6.05. The fourth-order valence-corrected chi connectivity index (χ4v) is 1.49. The summed E-state index contributed by atoms with van der Waals surface area (Å²) >= 11 is 2.14. The van der Waals surface area contributed by atoms with Gasteiger partial charge in [0.05, 0.1) is 6.54 Å². The van der Waals surface area contributed by atoms with E-state index in [1.807, 2.05) is 6.07 Å². The van der Waals surface area contributed by atoms with Crippen molar-refractivity contribution in [2.45, 2.75) is 26.4 Å². The zero-order valence-electron chi connectivity index (χ0n) is 10.6. The standard InChI is InChI=1S/C13H15IN2O2/c1-5-8-16(12(17)18-13(2,3)4)11-7-6-10(14)9-15-11/h1,6-7,9H,8H2,2-4H3. The van der Waals surface area contributed by atoms with E-state index in [-0.39, 0.29) is 6.54 Å². The molecular formula is C13H15IN2O2. The number of carbonyl (C=O) groups is 1. The van der Waals surface area contributed by atoms with E-state index in [9.17, 15) is 4.79 Å². The van der Waals surface area contributed by atoms with Gasteiger partial charge in [-0.15, -0.1) is 6.42 Å². The van der Waals surface area contributed by atoms with E-state index < -0.39 is 11.7 Å². The molecule has 0 N–H and O–H groups in total. The van der Waals surface area contributed by atoms with Crippen LogP contribution in [0.3, 0.4) is 0 Å². The van der Waals surface area contributed by atoms with Crippen LogP contribution in [-0.4, -0.2) is 23.2 Å². The molecule has 0 aromatic carbocycles. The molecule has 0 aliphatic rings. The fraction of sp³-hybridized carbons (Fsp3) is 0.385. The van der Waals surface area contributed by atoms with Crippen molar-refractivity contribution in [3.8, 4) is 12.3 Å². The smallest absolute Gasteiger partial charge is 0.416 e. The summed E-state index contributed by atoms with van der Waals surface area (Å²) in [7, 11) is 0. The summed E-state index contributed by atoms with van der Waals surface area (Å²) in [5.41, 5.74) is -0.562. The minimum absolute atomic E-state index is 0.127. The number of nitrogens with zero attached hydrogens (tertiary/aromatic N) is 2. The summed E-state index contributed by atoms with van der Waals surface area (Å²) in [5, 5.41) is 0. The lowest BCUT2D eigenvalue weighted by Gasteiger charge is -2.25. The zero-order valence-corrected chi connectivity index (χ0v) is 12.8. The molecule has 0 aliphatic carbocycles. The number of halogens is 1. The molecule has 1 heterocycles. The SMILES string of the molecule is C#CCN(C(=O)OC(C)(C)C)c1ccc(I)cn1. The van der Waals surface area contributed by atoms with Crippen molar-refractivity contribution < 1.29 is 9.53 Å². The Bertz CT molecular complexity index is 457.